The molecule has 1 fully saturated rings. The molecule has 0 spiro atoms. The van der Waals surface area contributed by atoms with Crippen LogP contribution < -0.4 is 4.90 Å². The summed E-state index contributed by atoms with van der Waals surface area (Å²) >= 11 is 0. The fraction of sp³-hybridized carbons (Fsp3) is 0.632. The van der Waals surface area contributed by atoms with Crippen LogP contribution in [0.4, 0.5) is 5.69 Å². The van der Waals surface area contributed by atoms with Gasteiger partial charge in [-0.2, -0.15) is 0 Å². The SMILES string of the molecule is CCCC[C@H](CC)C(=O)N1CCN(c2ccccc2C)CC1. The zero-order valence-electron chi connectivity index (χ0n) is 14.3. The molecule has 3 heteroatoms. The summed E-state index contributed by atoms with van der Waals surface area (Å²) in [6, 6.07) is 8.52. The summed E-state index contributed by atoms with van der Waals surface area (Å²) in [4.78, 5) is 17.1. The molecule has 0 aliphatic carbocycles. The highest BCUT2D eigenvalue weighted by molar-refractivity contribution is 5.79. The van der Waals surface area contributed by atoms with Crippen LogP contribution in [-0.2, 0) is 4.79 Å². The molecule has 2 rings (SSSR count). The minimum absolute atomic E-state index is 0.227. The Morgan fingerprint density at radius 2 is 1.82 bits per heavy atom. The lowest BCUT2D eigenvalue weighted by Gasteiger charge is -2.38. The second kappa shape index (κ2) is 8.21. The van der Waals surface area contributed by atoms with Crippen molar-refractivity contribution in [3.05, 3.63) is 29.8 Å². The van der Waals surface area contributed by atoms with E-state index in [1.165, 1.54) is 17.7 Å². The Balaban J connectivity index is 1.91. The van der Waals surface area contributed by atoms with E-state index in [0.717, 1.165) is 45.4 Å². The Bertz CT molecular complexity index is 478. The number of carbonyl (C=O) groups excluding carboxylic acids is 1. The van der Waals surface area contributed by atoms with Crippen LogP contribution in [0.1, 0.15) is 45.1 Å². The summed E-state index contributed by atoms with van der Waals surface area (Å²) in [6.45, 7) is 10.1. The molecule has 0 saturated carbocycles. The van der Waals surface area contributed by atoms with E-state index < -0.39 is 0 Å². The van der Waals surface area contributed by atoms with Crippen molar-refractivity contribution in [2.45, 2.75) is 46.5 Å². The van der Waals surface area contributed by atoms with Gasteiger partial charge in [-0.15, -0.1) is 0 Å². The summed E-state index contributed by atoms with van der Waals surface area (Å²) in [5.41, 5.74) is 2.63. The normalized spacial score (nSPS) is 16.7. The largest absolute Gasteiger partial charge is 0.368 e. The van der Waals surface area contributed by atoms with Crippen molar-refractivity contribution in [2.24, 2.45) is 5.92 Å². The van der Waals surface area contributed by atoms with E-state index in [1.807, 2.05) is 0 Å². The van der Waals surface area contributed by atoms with Gasteiger partial charge in [0.1, 0.15) is 0 Å². The van der Waals surface area contributed by atoms with Gasteiger partial charge in [-0.3, -0.25) is 4.79 Å². The number of hydrogen-bond acceptors (Lipinski definition) is 2. The van der Waals surface area contributed by atoms with Crippen LogP contribution in [0, 0.1) is 12.8 Å². The monoisotopic (exact) mass is 302 g/mol. The summed E-state index contributed by atoms with van der Waals surface area (Å²) in [5.74, 6) is 0.602. The van der Waals surface area contributed by atoms with Crippen molar-refractivity contribution in [2.75, 3.05) is 31.1 Å². The molecule has 1 aromatic carbocycles. The number of unbranched alkanes of at least 4 members (excludes halogenated alkanes) is 1. The molecule has 0 aromatic heterocycles. The van der Waals surface area contributed by atoms with Crippen LogP contribution in [-0.4, -0.2) is 37.0 Å². The Labute approximate surface area is 135 Å². The molecule has 1 atom stereocenters. The van der Waals surface area contributed by atoms with Crippen molar-refractivity contribution in [1.29, 1.82) is 0 Å². The average molecular weight is 302 g/mol. The number of piperazine rings is 1. The van der Waals surface area contributed by atoms with Gasteiger partial charge < -0.3 is 9.80 Å². The molecule has 1 aromatic rings. The quantitative estimate of drug-likeness (QED) is 0.796. The number of amides is 1. The van der Waals surface area contributed by atoms with Crippen molar-refractivity contribution in [3.63, 3.8) is 0 Å². The molecule has 0 radical (unpaired) electrons. The molecule has 0 unspecified atom stereocenters. The van der Waals surface area contributed by atoms with Crippen molar-refractivity contribution >= 4 is 11.6 Å². The summed E-state index contributed by atoms with van der Waals surface area (Å²) in [6.07, 6.45) is 4.35. The first kappa shape index (κ1) is 16.9. The number of carbonyl (C=O) groups is 1. The molecule has 1 aliphatic rings. The molecular formula is C19H30N2O. The van der Waals surface area contributed by atoms with Crippen molar-refractivity contribution in [1.82, 2.24) is 4.90 Å². The second-order valence-electron chi connectivity index (χ2n) is 6.35. The lowest BCUT2D eigenvalue weighted by molar-refractivity contribution is -0.136. The summed E-state index contributed by atoms with van der Waals surface area (Å²) in [5, 5.41) is 0. The predicted molar refractivity (Wildman–Crippen MR) is 93.3 cm³/mol. The van der Waals surface area contributed by atoms with Gasteiger partial charge in [-0.25, -0.2) is 0 Å². The zero-order valence-corrected chi connectivity index (χ0v) is 14.3. The first-order valence-corrected chi connectivity index (χ1v) is 8.76. The van der Waals surface area contributed by atoms with Crippen molar-refractivity contribution < 1.29 is 4.79 Å². The van der Waals surface area contributed by atoms with Gasteiger partial charge in [0.05, 0.1) is 0 Å². The Hall–Kier alpha value is -1.51. The third-order valence-corrected chi connectivity index (χ3v) is 4.80. The Morgan fingerprint density at radius 3 is 2.41 bits per heavy atom. The molecule has 0 bridgehead atoms. The summed E-state index contributed by atoms with van der Waals surface area (Å²) < 4.78 is 0. The van der Waals surface area contributed by atoms with E-state index in [4.69, 9.17) is 0 Å². The van der Waals surface area contributed by atoms with Crippen LogP contribution >= 0.6 is 0 Å². The van der Waals surface area contributed by atoms with Gasteiger partial charge in [0.25, 0.3) is 0 Å². The maximum absolute atomic E-state index is 12.7. The maximum Gasteiger partial charge on any atom is 0.225 e. The first-order chi connectivity index (χ1) is 10.7. The second-order valence-corrected chi connectivity index (χ2v) is 6.35. The molecule has 3 nitrogen and oxygen atoms in total. The molecule has 1 heterocycles. The predicted octanol–water partition coefficient (Wildman–Crippen LogP) is 3.86. The number of benzene rings is 1. The van der Waals surface area contributed by atoms with Gasteiger partial charge >= 0.3 is 0 Å². The fourth-order valence-electron chi connectivity index (χ4n) is 3.30. The van der Waals surface area contributed by atoms with Gasteiger partial charge in [0.15, 0.2) is 0 Å². The summed E-state index contributed by atoms with van der Waals surface area (Å²) in [7, 11) is 0. The van der Waals surface area contributed by atoms with Crippen LogP contribution in [0.3, 0.4) is 0 Å². The maximum atomic E-state index is 12.7. The van der Waals surface area contributed by atoms with Gasteiger partial charge in [-0.05, 0) is 31.4 Å². The topological polar surface area (TPSA) is 23.6 Å². The van der Waals surface area contributed by atoms with Gasteiger partial charge in [-0.1, -0.05) is 44.9 Å². The highest BCUT2D eigenvalue weighted by atomic mass is 16.2. The van der Waals surface area contributed by atoms with E-state index >= 15 is 0 Å². The highest BCUT2D eigenvalue weighted by Crippen LogP contribution is 2.22. The molecule has 22 heavy (non-hydrogen) atoms. The van der Waals surface area contributed by atoms with E-state index in [0.29, 0.717) is 5.91 Å². The zero-order chi connectivity index (χ0) is 15.9. The van der Waals surface area contributed by atoms with E-state index in [1.54, 1.807) is 0 Å². The molecular weight excluding hydrogens is 272 g/mol. The molecule has 1 saturated heterocycles. The molecule has 1 aliphatic heterocycles. The number of aryl methyl sites for hydroxylation is 1. The fourth-order valence-corrected chi connectivity index (χ4v) is 3.30. The minimum atomic E-state index is 0.227. The number of nitrogens with zero attached hydrogens (tertiary/aromatic N) is 2. The number of hydrogen-bond donors (Lipinski definition) is 0. The Morgan fingerprint density at radius 1 is 1.14 bits per heavy atom. The van der Waals surface area contributed by atoms with Crippen molar-refractivity contribution in [3.8, 4) is 0 Å². The number of anilines is 1. The van der Waals surface area contributed by atoms with Crippen LogP contribution in [0.15, 0.2) is 24.3 Å². The molecule has 122 valence electrons. The smallest absolute Gasteiger partial charge is 0.225 e. The van der Waals surface area contributed by atoms with E-state index in [-0.39, 0.29) is 5.92 Å². The molecule has 0 N–H and O–H groups in total. The third kappa shape index (κ3) is 4.02. The molecule has 1 amide bonds. The number of rotatable bonds is 6. The van der Waals surface area contributed by atoms with Crippen LogP contribution in [0.5, 0.6) is 0 Å². The van der Waals surface area contributed by atoms with Crippen LogP contribution in [0.25, 0.3) is 0 Å². The lowest BCUT2D eigenvalue weighted by atomic mass is 9.97. The van der Waals surface area contributed by atoms with Gasteiger partial charge in [0, 0.05) is 37.8 Å². The highest BCUT2D eigenvalue weighted by Gasteiger charge is 2.26. The van der Waals surface area contributed by atoms with E-state index in [2.05, 4.69) is 54.8 Å². The Kier molecular flexibility index (Phi) is 6.29. The third-order valence-electron chi connectivity index (χ3n) is 4.80. The van der Waals surface area contributed by atoms with Gasteiger partial charge in [0.2, 0.25) is 5.91 Å². The lowest BCUT2D eigenvalue weighted by Crippen LogP contribution is -2.50. The van der Waals surface area contributed by atoms with E-state index in [9.17, 15) is 4.79 Å². The standard InChI is InChI=1S/C19H30N2O/c1-4-6-10-17(5-2)19(22)21-14-12-20(13-15-21)18-11-8-7-9-16(18)3/h7-9,11,17H,4-6,10,12-15H2,1-3H3/t17-/m0/s1. The number of para-hydroxylation sites is 1. The first-order valence-electron chi connectivity index (χ1n) is 8.76. The van der Waals surface area contributed by atoms with Crippen LogP contribution in [0.2, 0.25) is 0 Å². The minimum Gasteiger partial charge on any atom is -0.368 e. The average Bonchev–Trinajstić information content (AvgIpc) is 2.56.